The van der Waals surface area contributed by atoms with E-state index in [1.807, 2.05) is 13.8 Å². The molecule has 0 aliphatic rings. The predicted molar refractivity (Wildman–Crippen MR) is 40.1 cm³/mol. The molecule has 0 aliphatic heterocycles. The van der Waals surface area contributed by atoms with E-state index in [1.165, 1.54) is 6.26 Å². The Balaban J connectivity index is 2.50. The van der Waals surface area contributed by atoms with E-state index in [2.05, 4.69) is 4.98 Å². The van der Waals surface area contributed by atoms with Gasteiger partial charge in [0.2, 0.25) is 5.89 Å². The Morgan fingerprint density at radius 1 is 1.73 bits per heavy atom. The zero-order valence-corrected chi connectivity index (χ0v) is 6.70. The Hall–Kier alpha value is -1.12. The van der Waals surface area contributed by atoms with Gasteiger partial charge in [0, 0.05) is 5.92 Å². The summed E-state index contributed by atoms with van der Waals surface area (Å²) in [6, 6.07) is 0. The standard InChI is InChI=1S/C8H11NO2/c1-6(2)7(10)5-8-9-3-4-11-8/h3-4,6H,5H2,1-2H3. The molecular weight excluding hydrogens is 142 g/mol. The molecule has 0 aromatic carbocycles. The SMILES string of the molecule is CC(C)C(=O)Cc1ncco1. The van der Waals surface area contributed by atoms with E-state index in [0.717, 1.165) is 0 Å². The molecule has 0 N–H and O–H groups in total. The molecule has 0 bridgehead atoms. The topological polar surface area (TPSA) is 43.1 Å². The van der Waals surface area contributed by atoms with Crippen LogP contribution >= 0.6 is 0 Å². The van der Waals surface area contributed by atoms with Crippen molar-refractivity contribution in [1.82, 2.24) is 4.98 Å². The number of Topliss-reactive ketones (excluding diaryl/α,β-unsaturated/α-hetero) is 1. The summed E-state index contributed by atoms with van der Waals surface area (Å²) < 4.78 is 4.92. The maximum Gasteiger partial charge on any atom is 0.201 e. The number of oxazole rings is 1. The van der Waals surface area contributed by atoms with Crippen LogP contribution in [0, 0.1) is 5.92 Å². The number of hydrogen-bond acceptors (Lipinski definition) is 3. The number of carbonyl (C=O) groups is 1. The van der Waals surface area contributed by atoms with Crippen molar-refractivity contribution in [3.8, 4) is 0 Å². The molecule has 0 atom stereocenters. The highest BCUT2D eigenvalue weighted by Gasteiger charge is 2.10. The highest BCUT2D eigenvalue weighted by molar-refractivity contribution is 5.81. The third kappa shape index (κ3) is 2.18. The summed E-state index contributed by atoms with van der Waals surface area (Å²) in [5.41, 5.74) is 0. The van der Waals surface area contributed by atoms with Crippen molar-refractivity contribution in [2.24, 2.45) is 5.92 Å². The van der Waals surface area contributed by atoms with E-state index in [9.17, 15) is 4.79 Å². The molecule has 1 rings (SSSR count). The molecule has 1 heterocycles. The third-order valence-corrected chi connectivity index (χ3v) is 1.45. The van der Waals surface area contributed by atoms with Crippen LogP contribution in [0.25, 0.3) is 0 Å². The summed E-state index contributed by atoms with van der Waals surface area (Å²) in [4.78, 5) is 15.0. The van der Waals surface area contributed by atoms with Crippen LogP contribution in [0.2, 0.25) is 0 Å². The van der Waals surface area contributed by atoms with Gasteiger partial charge < -0.3 is 4.42 Å². The van der Waals surface area contributed by atoms with Crippen LogP contribution < -0.4 is 0 Å². The maximum absolute atomic E-state index is 11.1. The average Bonchev–Trinajstić information content (AvgIpc) is 2.39. The zero-order chi connectivity index (χ0) is 8.27. The average molecular weight is 153 g/mol. The van der Waals surface area contributed by atoms with Crippen molar-refractivity contribution in [2.45, 2.75) is 20.3 Å². The first-order chi connectivity index (χ1) is 5.20. The summed E-state index contributed by atoms with van der Waals surface area (Å²) in [5.74, 6) is 0.720. The zero-order valence-electron chi connectivity index (χ0n) is 6.70. The summed E-state index contributed by atoms with van der Waals surface area (Å²) in [7, 11) is 0. The smallest absolute Gasteiger partial charge is 0.201 e. The quantitative estimate of drug-likeness (QED) is 0.660. The Morgan fingerprint density at radius 2 is 2.45 bits per heavy atom. The third-order valence-electron chi connectivity index (χ3n) is 1.45. The molecule has 1 aromatic heterocycles. The molecule has 3 heteroatoms. The minimum atomic E-state index is 0.0573. The maximum atomic E-state index is 11.1. The lowest BCUT2D eigenvalue weighted by Gasteiger charge is -1.98. The van der Waals surface area contributed by atoms with Crippen LogP contribution in [0.1, 0.15) is 19.7 Å². The minimum Gasteiger partial charge on any atom is -0.449 e. The molecule has 0 unspecified atom stereocenters. The molecule has 0 saturated carbocycles. The Kier molecular flexibility index (Phi) is 2.41. The van der Waals surface area contributed by atoms with Gasteiger partial charge in [-0.2, -0.15) is 0 Å². The van der Waals surface area contributed by atoms with Crippen LogP contribution in [-0.4, -0.2) is 10.8 Å². The molecule has 0 aliphatic carbocycles. The van der Waals surface area contributed by atoms with Crippen molar-refractivity contribution in [3.05, 3.63) is 18.4 Å². The van der Waals surface area contributed by atoms with E-state index < -0.39 is 0 Å². The van der Waals surface area contributed by atoms with Gasteiger partial charge in [-0.05, 0) is 0 Å². The predicted octanol–water partition coefficient (Wildman–Crippen LogP) is 1.44. The second-order valence-corrected chi connectivity index (χ2v) is 2.72. The van der Waals surface area contributed by atoms with E-state index >= 15 is 0 Å². The normalized spacial score (nSPS) is 10.5. The first kappa shape index (κ1) is 7.98. The van der Waals surface area contributed by atoms with Crippen molar-refractivity contribution in [2.75, 3.05) is 0 Å². The number of carbonyl (C=O) groups excluding carboxylic acids is 1. The van der Waals surface area contributed by atoms with Gasteiger partial charge in [0.15, 0.2) is 0 Å². The van der Waals surface area contributed by atoms with Gasteiger partial charge in [-0.15, -0.1) is 0 Å². The molecule has 0 spiro atoms. The molecule has 60 valence electrons. The summed E-state index contributed by atoms with van der Waals surface area (Å²) in [6.07, 6.45) is 3.33. The fraction of sp³-hybridized carbons (Fsp3) is 0.500. The van der Waals surface area contributed by atoms with Crippen molar-refractivity contribution >= 4 is 5.78 Å². The first-order valence-electron chi connectivity index (χ1n) is 3.61. The number of rotatable bonds is 3. The fourth-order valence-corrected chi connectivity index (χ4v) is 0.693. The van der Waals surface area contributed by atoms with Crippen molar-refractivity contribution in [1.29, 1.82) is 0 Å². The molecule has 1 aromatic rings. The molecule has 0 saturated heterocycles. The minimum absolute atomic E-state index is 0.0573. The van der Waals surface area contributed by atoms with Gasteiger partial charge in [0.05, 0.1) is 12.6 Å². The van der Waals surface area contributed by atoms with Crippen LogP contribution in [0.4, 0.5) is 0 Å². The number of hydrogen-bond donors (Lipinski definition) is 0. The lowest BCUT2D eigenvalue weighted by Crippen LogP contribution is -2.10. The van der Waals surface area contributed by atoms with E-state index in [-0.39, 0.29) is 11.7 Å². The lowest BCUT2D eigenvalue weighted by molar-refractivity contribution is -0.121. The highest BCUT2D eigenvalue weighted by Crippen LogP contribution is 2.02. The summed E-state index contributed by atoms with van der Waals surface area (Å²) in [6.45, 7) is 3.73. The molecule has 0 radical (unpaired) electrons. The van der Waals surface area contributed by atoms with Gasteiger partial charge in [-0.3, -0.25) is 4.79 Å². The van der Waals surface area contributed by atoms with Gasteiger partial charge in [-0.1, -0.05) is 13.8 Å². The van der Waals surface area contributed by atoms with E-state index in [4.69, 9.17) is 4.42 Å². The van der Waals surface area contributed by atoms with E-state index in [1.54, 1.807) is 6.20 Å². The summed E-state index contributed by atoms with van der Waals surface area (Å²) >= 11 is 0. The Labute approximate surface area is 65.4 Å². The van der Waals surface area contributed by atoms with Crippen LogP contribution in [0.3, 0.4) is 0 Å². The molecule has 0 amide bonds. The first-order valence-corrected chi connectivity index (χ1v) is 3.61. The lowest BCUT2D eigenvalue weighted by atomic mass is 10.1. The fourth-order valence-electron chi connectivity index (χ4n) is 0.693. The van der Waals surface area contributed by atoms with Gasteiger partial charge >= 0.3 is 0 Å². The van der Waals surface area contributed by atoms with Gasteiger partial charge in [0.1, 0.15) is 12.0 Å². The highest BCUT2D eigenvalue weighted by atomic mass is 16.3. The largest absolute Gasteiger partial charge is 0.449 e. The molecule has 0 fully saturated rings. The molecule has 3 nitrogen and oxygen atoms in total. The van der Waals surface area contributed by atoms with Gasteiger partial charge in [0.25, 0.3) is 0 Å². The Bertz CT molecular complexity index is 226. The molecular formula is C8H11NO2. The summed E-state index contributed by atoms with van der Waals surface area (Å²) in [5, 5.41) is 0. The van der Waals surface area contributed by atoms with Crippen LogP contribution in [0.15, 0.2) is 16.9 Å². The second kappa shape index (κ2) is 3.32. The van der Waals surface area contributed by atoms with Gasteiger partial charge in [-0.25, -0.2) is 4.98 Å². The number of aromatic nitrogens is 1. The molecule has 11 heavy (non-hydrogen) atoms. The number of nitrogens with zero attached hydrogens (tertiary/aromatic N) is 1. The van der Waals surface area contributed by atoms with Crippen molar-refractivity contribution < 1.29 is 9.21 Å². The monoisotopic (exact) mass is 153 g/mol. The Morgan fingerprint density at radius 3 is 2.91 bits per heavy atom. The van der Waals surface area contributed by atoms with Crippen molar-refractivity contribution in [3.63, 3.8) is 0 Å². The number of ketones is 1. The van der Waals surface area contributed by atoms with E-state index in [0.29, 0.717) is 12.3 Å². The van der Waals surface area contributed by atoms with Crippen LogP contribution in [-0.2, 0) is 11.2 Å². The van der Waals surface area contributed by atoms with Crippen LogP contribution in [0.5, 0.6) is 0 Å². The second-order valence-electron chi connectivity index (χ2n) is 2.72.